The van der Waals surface area contributed by atoms with Gasteiger partial charge in [-0.2, -0.15) is 0 Å². The monoisotopic (exact) mass is 549 g/mol. The maximum atomic E-state index is 13.1. The van der Waals surface area contributed by atoms with Gasteiger partial charge in [0.25, 0.3) is 0 Å². The fraction of sp³-hybridized carbons (Fsp3) is 0.630. The van der Waals surface area contributed by atoms with Gasteiger partial charge in [0.2, 0.25) is 5.91 Å². The molecule has 1 aromatic carbocycles. The fourth-order valence-electron chi connectivity index (χ4n) is 4.25. The summed E-state index contributed by atoms with van der Waals surface area (Å²) >= 11 is 1.48. The third kappa shape index (κ3) is 9.67. The van der Waals surface area contributed by atoms with Crippen molar-refractivity contribution in [3.8, 4) is 18.1 Å². The predicted molar refractivity (Wildman–Crippen MR) is 145 cm³/mol. The van der Waals surface area contributed by atoms with Crippen molar-refractivity contribution in [1.82, 2.24) is 15.5 Å². The first-order valence-corrected chi connectivity index (χ1v) is 13.9. The summed E-state index contributed by atoms with van der Waals surface area (Å²) in [7, 11) is 1.65. The molecule has 0 aromatic heterocycles. The van der Waals surface area contributed by atoms with Crippen LogP contribution in [0.4, 0.5) is 4.79 Å². The van der Waals surface area contributed by atoms with Crippen LogP contribution in [0, 0.1) is 18.3 Å². The zero-order valence-electron chi connectivity index (χ0n) is 22.2. The molecule has 10 nitrogen and oxygen atoms in total. The van der Waals surface area contributed by atoms with Gasteiger partial charge in [0.05, 0.1) is 64.5 Å². The summed E-state index contributed by atoms with van der Waals surface area (Å²) < 4.78 is 27.5. The van der Waals surface area contributed by atoms with Crippen LogP contribution in [0.15, 0.2) is 18.2 Å². The number of carbonyl (C=O) groups is 2. The molecule has 3 atom stereocenters. The second-order valence-electron chi connectivity index (χ2n) is 9.16. The number of fused-ring (bicyclic) bond motifs is 1. The van der Waals surface area contributed by atoms with Crippen molar-refractivity contribution >= 4 is 23.7 Å². The third-order valence-electron chi connectivity index (χ3n) is 6.33. The Morgan fingerprint density at radius 3 is 2.55 bits per heavy atom. The Morgan fingerprint density at radius 1 is 1.13 bits per heavy atom. The first-order chi connectivity index (χ1) is 18.5. The van der Waals surface area contributed by atoms with Crippen LogP contribution in [0.25, 0.3) is 0 Å². The highest BCUT2D eigenvalue weighted by molar-refractivity contribution is 8.00. The number of benzene rings is 1. The minimum atomic E-state index is -0.187. The number of ether oxygens (including phenoxy) is 5. The van der Waals surface area contributed by atoms with Gasteiger partial charge >= 0.3 is 6.03 Å². The van der Waals surface area contributed by atoms with E-state index < -0.39 is 0 Å². The second-order valence-corrected chi connectivity index (χ2v) is 10.3. The van der Waals surface area contributed by atoms with E-state index in [1.54, 1.807) is 7.11 Å². The highest BCUT2D eigenvalue weighted by Crippen LogP contribution is 2.32. The van der Waals surface area contributed by atoms with Crippen molar-refractivity contribution in [3.63, 3.8) is 0 Å². The van der Waals surface area contributed by atoms with E-state index in [0.717, 1.165) is 16.9 Å². The molecule has 2 N–H and O–H groups in total. The maximum Gasteiger partial charge on any atom is 0.315 e. The third-order valence-corrected chi connectivity index (χ3v) is 7.68. The van der Waals surface area contributed by atoms with Gasteiger partial charge in [-0.15, -0.1) is 18.2 Å². The first kappa shape index (κ1) is 30.1. The van der Waals surface area contributed by atoms with Gasteiger partial charge < -0.3 is 39.2 Å². The highest BCUT2D eigenvalue weighted by atomic mass is 32.2. The smallest absolute Gasteiger partial charge is 0.315 e. The predicted octanol–water partition coefficient (Wildman–Crippen LogP) is 1.83. The summed E-state index contributed by atoms with van der Waals surface area (Å²) in [6.07, 6.45) is 5.11. The molecule has 1 fully saturated rings. The van der Waals surface area contributed by atoms with Crippen molar-refractivity contribution in [2.24, 2.45) is 5.92 Å². The number of amides is 3. The van der Waals surface area contributed by atoms with Crippen LogP contribution in [0.3, 0.4) is 0 Å². The van der Waals surface area contributed by atoms with Crippen LogP contribution in [0.2, 0.25) is 0 Å². The Labute approximate surface area is 229 Å². The number of nitrogens with zero attached hydrogens (tertiary/aromatic N) is 1. The highest BCUT2D eigenvalue weighted by Gasteiger charge is 2.31. The SMILES string of the molecule is C#CCOCCOCCOCCOC[C@H]1CN(C(=O)CSC2NC(=O)NCC2C)Cc2ccc(OC)cc21. The molecular weight excluding hydrogens is 510 g/mol. The molecule has 2 heterocycles. The summed E-state index contributed by atoms with van der Waals surface area (Å²) in [5, 5.41) is 5.60. The molecule has 2 unspecified atom stereocenters. The number of thioether (sulfide) groups is 1. The van der Waals surface area contributed by atoms with Gasteiger partial charge in [0.1, 0.15) is 12.4 Å². The Hall–Kier alpha value is -2.49. The van der Waals surface area contributed by atoms with Crippen LogP contribution < -0.4 is 15.4 Å². The van der Waals surface area contributed by atoms with Crippen LogP contribution >= 0.6 is 11.8 Å². The molecule has 0 saturated carbocycles. The quantitative estimate of drug-likeness (QED) is 0.238. The van der Waals surface area contributed by atoms with Crippen LogP contribution in [-0.4, -0.2) is 101 Å². The molecule has 210 valence electrons. The number of terminal acetylenes is 1. The van der Waals surface area contributed by atoms with Gasteiger partial charge in [-0.25, -0.2) is 4.79 Å². The largest absolute Gasteiger partial charge is 0.497 e. The lowest BCUT2D eigenvalue weighted by molar-refractivity contribution is -0.129. The molecule has 11 heteroatoms. The van der Waals surface area contributed by atoms with Crippen LogP contribution in [0.1, 0.15) is 24.0 Å². The number of nitrogens with one attached hydrogen (secondary N) is 2. The molecule has 2 aliphatic rings. The summed E-state index contributed by atoms with van der Waals surface area (Å²) in [4.78, 5) is 26.7. The Morgan fingerprint density at radius 2 is 1.84 bits per heavy atom. The Bertz CT molecular complexity index is 942. The van der Waals surface area contributed by atoms with Crippen molar-refractivity contribution in [3.05, 3.63) is 29.3 Å². The Kier molecular flexibility index (Phi) is 13.0. The normalized spacial score (nSPS) is 20.7. The average Bonchev–Trinajstić information content (AvgIpc) is 2.93. The van der Waals surface area contributed by atoms with Crippen molar-refractivity contribution < 1.29 is 33.3 Å². The summed E-state index contributed by atoms with van der Waals surface area (Å²) in [5.74, 6) is 3.80. The zero-order valence-corrected chi connectivity index (χ0v) is 23.1. The second kappa shape index (κ2) is 16.5. The Balaban J connectivity index is 1.43. The van der Waals surface area contributed by atoms with E-state index in [1.807, 2.05) is 23.1 Å². The molecule has 0 bridgehead atoms. The standard InChI is InChI=1S/C27H39N3O7S/c1-4-7-34-8-9-35-10-11-36-12-13-37-18-22-17-30(16-21-5-6-23(33-3)14-24(21)22)25(31)19-38-26-20(2)15-28-27(32)29-26/h1,5-6,14,20,22,26H,7-13,15-19H2,2-3H3,(H2,28,29,32)/t20?,22-,26?/m1/s1. The molecule has 1 aromatic rings. The van der Waals surface area contributed by atoms with E-state index in [1.165, 1.54) is 11.8 Å². The van der Waals surface area contributed by atoms with Crippen LogP contribution in [0.5, 0.6) is 5.75 Å². The molecular formula is C27H39N3O7S. The first-order valence-electron chi connectivity index (χ1n) is 12.9. The van der Waals surface area contributed by atoms with E-state index in [9.17, 15) is 9.59 Å². The van der Waals surface area contributed by atoms with Gasteiger partial charge in [0.15, 0.2) is 0 Å². The van der Waals surface area contributed by atoms with Crippen molar-refractivity contribution in [2.75, 3.05) is 78.8 Å². The molecule has 0 radical (unpaired) electrons. The van der Waals surface area contributed by atoms with Gasteiger partial charge in [0, 0.05) is 31.5 Å². The molecule has 3 amide bonds. The maximum absolute atomic E-state index is 13.1. The number of rotatable bonds is 16. The van der Waals surface area contributed by atoms with Gasteiger partial charge in [-0.05, 0) is 23.3 Å². The van der Waals surface area contributed by atoms with Crippen LogP contribution in [-0.2, 0) is 30.3 Å². The van der Waals surface area contributed by atoms with Crippen molar-refractivity contribution in [1.29, 1.82) is 0 Å². The molecule has 0 aliphatic carbocycles. The van der Waals surface area contributed by atoms with Gasteiger partial charge in [-0.1, -0.05) is 18.9 Å². The van der Waals surface area contributed by atoms with E-state index in [-0.39, 0.29) is 35.8 Å². The fourth-order valence-corrected chi connectivity index (χ4v) is 5.37. The van der Waals surface area contributed by atoms with E-state index in [4.69, 9.17) is 30.1 Å². The molecule has 38 heavy (non-hydrogen) atoms. The summed E-state index contributed by atoms with van der Waals surface area (Å²) in [6, 6.07) is 5.79. The van der Waals surface area contributed by atoms with Crippen molar-refractivity contribution in [2.45, 2.75) is 24.8 Å². The lowest BCUT2D eigenvalue weighted by Crippen LogP contribution is -2.53. The minimum Gasteiger partial charge on any atom is -0.497 e. The molecule has 0 spiro atoms. The number of hydrogen-bond acceptors (Lipinski definition) is 8. The molecule has 1 saturated heterocycles. The zero-order chi connectivity index (χ0) is 27.2. The number of methoxy groups -OCH3 is 1. The topological polar surface area (TPSA) is 108 Å². The lowest BCUT2D eigenvalue weighted by Gasteiger charge is -2.35. The number of urea groups is 1. The lowest BCUT2D eigenvalue weighted by atomic mass is 9.90. The van der Waals surface area contributed by atoms with E-state index >= 15 is 0 Å². The van der Waals surface area contributed by atoms with E-state index in [0.29, 0.717) is 71.6 Å². The van der Waals surface area contributed by atoms with Gasteiger partial charge in [-0.3, -0.25) is 4.79 Å². The average molecular weight is 550 g/mol. The minimum absolute atomic E-state index is 0.0200. The van der Waals surface area contributed by atoms with E-state index in [2.05, 4.69) is 23.5 Å². The number of hydrogen-bond donors (Lipinski definition) is 2. The summed E-state index contributed by atoms with van der Waals surface area (Å²) in [6.45, 7) is 7.30. The number of carbonyl (C=O) groups excluding carboxylic acids is 2. The summed E-state index contributed by atoms with van der Waals surface area (Å²) in [5.41, 5.74) is 2.23. The molecule has 3 rings (SSSR count). The molecule has 2 aliphatic heterocycles.